The Morgan fingerprint density at radius 2 is 1.80 bits per heavy atom. The second-order valence-corrected chi connectivity index (χ2v) is 9.25. The van der Waals surface area contributed by atoms with E-state index in [4.69, 9.17) is 9.47 Å². The molecule has 0 aliphatic carbocycles. The molecule has 0 saturated carbocycles. The minimum atomic E-state index is 0.0724. The van der Waals surface area contributed by atoms with Gasteiger partial charge >= 0.3 is 0 Å². The van der Waals surface area contributed by atoms with E-state index in [1.807, 2.05) is 48.2 Å². The van der Waals surface area contributed by atoms with Gasteiger partial charge in [0.15, 0.2) is 0 Å². The van der Waals surface area contributed by atoms with E-state index in [1.165, 1.54) is 0 Å². The Labute approximate surface area is 206 Å². The zero-order valence-electron chi connectivity index (χ0n) is 20.4. The number of aromatic nitrogens is 2. The van der Waals surface area contributed by atoms with E-state index in [9.17, 15) is 4.79 Å². The molecule has 2 aliphatic rings. The fraction of sp³-hybridized carbons (Fsp3) is 0.393. The van der Waals surface area contributed by atoms with Gasteiger partial charge in [0.1, 0.15) is 11.4 Å². The highest BCUT2D eigenvalue weighted by molar-refractivity contribution is 5.97. The lowest BCUT2D eigenvalue weighted by Crippen LogP contribution is -2.40. The summed E-state index contributed by atoms with van der Waals surface area (Å²) in [6, 6.07) is 13.9. The number of morpholine rings is 1. The summed E-state index contributed by atoms with van der Waals surface area (Å²) in [5, 5.41) is 0. The van der Waals surface area contributed by atoms with Crippen molar-refractivity contribution in [1.29, 1.82) is 0 Å². The maximum Gasteiger partial charge on any atom is 0.254 e. The van der Waals surface area contributed by atoms with Gasteiger partial charge in [-0.05, 0) is 56.0 Å². The number of anilines is 1. The molecule has 182 valence electrons. The second-order valence-electron chi connectivity index (χ2n) is 9.25. The normalized spacial score (nSPS) is 18.4. The van der Waals surface area contributed by atoms with Crippen molar-refractivity contribution in [3.05, 3.63) is 77.2 Å². The van der Waals surface area contributed by atoms with E-state index in [1.54, 1.807) is 12.4 Å². The highest BCUT2D eigenvalue weighted by atomic mass is 16.5. The molecule has 7 heteroatoms. The van der Waals surface area contributed by atoms with Crippen LogP contribution in [0, 0.1) is 13.8 Å². The van der Waals surface area contributed by atoms with Crippen LogP contribution < -0.4 is 9.64 Å². The van der Waals surface area contributed by atoms with Crippen LogP contribution in [0.4, 0.5) is 5.69 Å². The summed E-state index contributed by atoms with van der Waals surface area (Å²) in [7, 11) is 0. The highest BCUT2D eigenvalue weighted by Crippen LogP contribution is 2.34. The Bertz CT molecular complexity index is 1190. The molecule has 0 unspecified atom stereocenters. The number of aryl methyl sites for hydroxylation is 1. The molecular weight excluding hydrogens is 440 g/mol. The summed E-state index contributed by atoms with van der Waals surface area (Å²) in [5.41, 5.74) is 4.78. The van der Waals surface area contributed by atoms with Crippen LogP contribution in [0.15, 0.2) is 54.9 Å². The van der Waals surface area contributed by atoms with E-state index >= 15 is 0 Å². The van der Waals surface area contributed by atoms with Gasteiger partial charge in [-0.3, -0.25) is 9.78 Å². The summed E-state index contributed by atoms with van der Waals surface area (Å²) < 4.78 is 11.7. The van der Waals surface area contributed by atoms with Crippen LogP contribution in [0.1, 0.15) is 45.9 Å². The summed E-state index contributed by atoms with van der Waals surface area (Å²) in [5.74, 6) is 1.44. The van der Waals surface area contributed by atoms with Crippen molar-refractivity contribution in [3.63, 3.8) is 0 Å². The Kier molecular flexibility index (Phi) is 6.95. The predicted octanol–water partition coefficient (Wildman–Crippen LogP) is 4.74. The second kappa shape index (κ2) is 10.4. The van der Waals surface area contributed by atoms with Crippen molar-refractivity contribution in [1.82, 2.24) is 14.9 Å². The van der Waals surface area contributed by atoms with Crippen molar-refractivity contribution in [3.8, 4) is 11.6 Å². The third-order valence-electron chi connectivity index (χ3n) is 6.97. The number of para-hydroxylation sites is 1. The number of ether oxygens (including phenoxy) is 2. The van der Waals surface area contributed by atoms with Gasteiger partial charge in [-0.2, -0.15) is 0 Å². The smallest absolute Gasteiger partial charge is 0.254 e. The first-order valence-corrected chi connectivity index (χ1v) is 12.4. The molecule has 2 saturated heterocycles. The quantitative estimate of drug-likeness (QED) is 0.534. The van der Waals surface area contributed by atoms with Gasteiger partial charge < -0.3 is 19.3 Å². The summed E-state index contributed by atoms with van der Waals surface area (Å²) in [6.07, 6.45) is 5.22. The molecule has 1 atom stereocenters. The molecule has 1 aromatic heterocycles. The van der Waals surface area contributed by atoms with Crippen molar-refractivity contribution in [2.24, 2.45) is 0 Å². The van der Waals surface area contributed by atoms with E-state index in [2.05, 4.69) is 27.9 Å². The number of benzene rings is 2. The van der Waals surface area contributed by atoms with Gasteiger partial charge in [0, 0.05) is 55.7 Å². The van der Waals surface area contributed by atoms with Crippen molar-refractivity contribution in [2.45, 2.75) is 32.6 Å². The maximum atomic E-state index is 13.7. The van der Waals surface area contributed by atoms with Gasteiger partial charge in [0.2, 0.25) is 5.88 Å². The Morgan fingerprint density at radius 1 is 1.00 bits per heavy atom. The minimum Gasteiger partial charge on any atom is -0.437 e. The van der Waals surface area contributed by atoms with Crippen LogP contribution in [0.3, 0.4) is 0 Å². The van der Waals surface area contributed by atoms with Crippen molar-refractivity contribution >= 4 is 11.6 Å². The average molecular weight is 473 g/mol. The number of rotatable bonds is 5. The van der Waals surface area contributed by atoms with Gasteiger partial charge in [-0.15, -0.1) is 0 Å². The summed E-state index contributed by atoms with van der Waals surface area (Å²) in [6.45, 7) is 8.54. The predicted molar refractivity (Wildman–Crippen MR) is 135 cm³/mol. The Balaban J connectivity index is 1.36. The Hall–Kier alpha value is -3.45. The number of nitrogens with zero attached hydrogens (tertiary/aromatic N) is 4. The van der Waals surface area contributed by atoms with Gasteiger partial charge in [-0.25, -0.2) is 4.98 Å². The number of hydrogen-bond donors (Lipinski definition) is 0. The molecule has 1 amide bonds. The molecule has 2 fully saturated rings. The Morgan fingerprint density at radius 3 is 2.63 bits per heavy atom. The lowest BCUT2D eigenvalue weighted by atomic mass is 9.93. The summed E-state index contributed by atoms with van der Waals surface area (Å²) >= 11 is 0. The fourth-order valence-corrected chi connectivity index (χ4v) is 5.03. The first kappa shape index (κ1) is 23.3. The molecule has 2 aliphatic heterocycles. The van der Waals surface area contributed by atoms with E-state index in [0.717, 1.165) is 79.5 Å². The number of carbonyl (C=O) groups is 1. The molecule has 3 heterocycles. The molecule has 0 bridgehead atoms. The third kappa shape index (κ3) is 5.00. The van der Waals surface area contributed by atoms with Crippen LogP contribution in [0.25, 0.3) is 0 Å². The van der Waals surface area contributed by atoms with E-state index < -0.39 is 0 Å². The molecule has 5 rings (SSSR count). The van der Waals surface area contributed by atoms with Crippen LogP contribution in [-0.4, -0.2) is 60.2 Å². The molecule has 3 aromatic rings. The van der Waals surface area contributed by atoms with E-state index in [-0.39, 0.29) is 11.8 Å². The fourth-order valence-electron chi connectivity index (χ4n) is 5.03. The zero-order chi connectivity index (χ0) is 24.2. The van der Waals surface area contributed by atoms with Gasteiger partial charge in [-0.1, -0.05) is 24.3 Å². The number of likely N-dealkylation sites (tertiary alicyclic amines) is 1. The molecule has 0 spiro atoms. The van der Waals surface area contributed by atoms with Crippen molar-refractivity contribution < 1.29 is 14.3 Å². The lowest BCUT2D eigenvalue weighted by Gasteiger charge is -2.34. The number of carbonyl (C=O) groups excluding carboxylic acids is 1. The first-order chi connectivity index (χ1) is 17.1. The average Bonchev–Trinajstić information content (AvgIpc) is 2.91. The monoisotopic (exact) mass is 472 g/mol. The molecule has 2 aromatic carbocycles. The third-order valence-corrected chi connectivity index (χ3v) is 6.97. The van der Waals surface area contributed by atoms with Crippen LogP contribution in [0.2, 0.25) is 0 Å². The molecule has 7 nitrogen and oxygen atoms in total. The highest BCUT2D eigenvalue weighted by Gasteiger charge is 2.30. The maximum absolute atomic E-state index is 13.7. The standard InChI is InChI=1S/C28H32N4O3/c1-20-7-3-4-11-25(20)35-27-26(29-12-13-30-27)22-8-6-14-32(19-22)28(33)23-9-5-10-24(21(23)2)31-15-17-34-18-16-31/h3-5,7,9-13,22H,6,8,14-19H2,1-2H3/t22-/m0/s1. The largest absolute Gasteiger partial charge is 0.437 e. The first-order valence-electron chi connectivity index (χ1n) is 12.4. The van der Waals surface area contributed by atoms with Crippen LogP contribution in [-0.2, 0) is 4.74 Å². The summed E-state index contributed by atoms with van der Waals surface area (Å²) in [4.78, 5) is 27.1. The number of piperidine rings is 1. The molecule has 35 heavy (non-hydrogen) atoms. The minimum absolute atomic E-state index is 0.0724. The van der Waals surface area contributed by atoms with Gasteiger partial charge in [0.25, 0.3) is 5.91 Å². The molecule has 0 radical (unpaired) electrons. The number of amides is 1. The SMILES string of the molecule is Cc1ccccc1Oc1nccnc1[C@H]1CCCN(C(=O)c2cccc(N3CCOCC3)c2C)C1. The van der Waals surface area contributed by atoms with Gasteiger partial charge in [0.05, 0.1) is 13.2 Å². The molecule has 0 N–H and O–H groups in total. The topological polar surface area (TPSA) is 67.8 Å². The molecular formula is C28H32N4O3. The van der Waals surface area contributed by atoms with Crippen LogP contribution >= 0.6 is 0 Å². The van der Waals surface area contributed by atoms with E-state index in [0.29, 0.717) is 12.4 Å². The lowest BCUT2D eigenvalue weighted by molar-refractivity contribution is 0.0704. The number of hydrogen-bond acceptors (Lipinski definition) is 6. The van der Waals surface area contributed by atoms with Crippen LogP contribution in [0.5, 0.6) is 11.6 Å². The van der Waals surface area contributed by atoms with Crippen molar-refractivity contribution in [2.75, 3.05) is 44.3 Å². The zero-order valence-corrected chi connectivity index (χ0v) is 20.4.